The van der Waals surface area contributed by atoms with Gasteiger partial charge in [-0.05, 0) is 31.0 Å². The molecule has 0 aromatic carbocycles. The zero-order chi connectivity index (χ0) is 14.5. The number of hydrogen-bond donors (Lipinski definition) is 2. The zero-order valence-electron chi connectivity index (χ0n) is 11.8. The first-order valence-corrected chi connectivity index (χ1v) is 7.18. The molecule has 0 saturated carbocycles. The molecule has 1 unspecified atom stereocenters. The van der Waals surface area contributed by atoms with Gasteiger partial charge >= 0.3 is 0 Å². The van der Waals surface area contributed by atoms with Crippen molar-refractivity contribution in [1.82, 2.24) is 20.2 Å². The number of pyridine rings is 1. The van der Waals surface area contributed by atoms with Crippen LogP contribution in [0, 0.1) is 0 Å². The average Bonchev–Trinajstić information content (AvgIpc) is 2.88. The van der Waals surface area contributed by atoms with Crippen LogP contribution in [0.2, 0.25) is 5.02 Å². The molecule has 2 aromatic heterocycles. The van der Waals surface area contributed by atoms with Crippen molar-refractivity contribution in [2.24, 2.45) is 5.84 Å². The molecule has 0 aliphatic rings. The fourth-order valence-electron chi connectivity index (χ4n) is 2.26. The van der Waals surface area contributed by atoms with Crippen molar-refractivity contribution in [3.8, 4) is 0 Å². The van der Waals surface area contributed by atoms with Crippen LogP contribution >= 0.6 is 11.6 Å². The van der Waals surface area contributed by atoms with Crippen molar-refractivity contribution in [1.29, 1.82) is 0 Å². The summed E-state index contributed by atoms with van der Waals surface area (Å²) in [4.78, 5) is 4.00. The molecule has 0 bridgehead atoms. The molecule has 0 spiro atoms. The van der Waals surface area contributed by atoms with Crippen LogP contribution in [0.5, 0.6) is 0 Å². The maximum atomic E-state index is 6.19. The van der Waals surface area contributed by atoms with Gasteiger partial charge in [0, 0.05) is 31.1 Å². The highest BCUT2D eigenvalue weighted by Crippen LogP contribution is 2.24. The fraction of sp³-hybridized carbons (Fsp3) is 0.429. The molecule has 3 N–H and O–H groups in total. The SMILES string of the molecule is CCc1cc(CC(NN)c2ccncc2Cl)n(CC)n1. The lowest BCUT2D eigenvalue weighted by atomic mass is 10.0. The van der Waals surface area contributed by atoms with Crippen molar-refractivity contribution >= 4 is 11.6 Å². The van der Waals surface area contributed by atoms with E-state index in [1.165, 1.54) is 0 Å². The van der Waals surface area contributed by atoms with Gasteiger partial charge in [0.2, 0.25) is 0 Å². The van der Waals surface area contributed by atoms with Crippen molar-refractivity contribution < 1.29 is 0 Å². The molecular formula is C14H20ClN5. The lowest BCUT2D eigenvalue weighted by molar-refractivity contribution is 0.516. The van der Waals surface area contributed by atoms with Crippen LogP contribution in [0.15, 0.2) is 24.5 Å². The van der Waals surface area contributed by atoms with Gasteiger partial charge in [0.05, 0.1) is 16.8 Å². The second-order valence-corrected chi connectivity index (χ2v) is 5.02. The molecule has 0 aliphatic heterocycles. The molecule has 2 rings (SSSR count). The predicted octanol–water partition coefficient (Wildman–Crippen LogP) is 2.26. The van der Waals surface area contributed by atoms with E-state index in [1.807, 2.05) is 10.7 Å². The Hall–Kier alpha value is -1.43. The van der Waals surface area contributed by atoms with Crippen LogP contribution in [0.25, 0.3) is 0 Å². The van der Waals surface area contributed by atoms with Crippen molar-refractivity contribution in [3.63, 3.8) is 0 Å². The molecular weight excluding hydrogens is 274 g/mol. The van der Waals surface area contributed by atoms with E-state index in [0.29, 0.717) is 5.02 Å². The summed E-state index contributed by atoms with van der Waals surface area (Å²) in [6.07, 6.45) is 5.02. The first-order valence-electron chi connectivity index (χ1n) is 6.80. The lowest BCUT2D eigenvalue weighted by Crippen LogP contribution is -2.30. The number of nitrogens with zero attached hydrogens (tertiary/aromatic N) is 3. The smallest absolute Gasteiger partial charge is 0.0637 e. The molecule has 0 fully saturated rings. The van der Waals surface area contributed by atoms with E-state index in [9.17, 15) is 0 Å². The monoisotopic (exact) mass is 293 g/mol. The van der Waals surface area contributed by atoms with Gasteiger partial charge in [0.15, 0.2) is 0 Å². The zero-order valence-corrected chi connectivity index (χ0v) is 12.6. The number of aromatic nitrogens is 3. The predicted molar refractivity (Wildman–Crippen MR) is 80.3 cm³/mol. The third-order valence-corrected chi connectivity index (χ3v) is 3.69. The van der Waals surface area contributed by atoms with Crippen LogP contribution < -0.4 is 11.3 Å². The van der Waals surface area contributed by atoms with Crippen molar-refractivity contribution in [3.05, 3.63) is 46.5 Å². The summed E-state index contributed by atoms with van der Waals surface area (Å²) in [5, 5.41) is 5.17. The number of rotatable bonds is 6. The van der Waals surface area contributed by atoms with Crippen LogP contribution in [0.3, 0.4) is 0 Å². The van der Waals surface area contributed by atoms with Gasteiger partial charge in [0.1, 0.15) is 0 Å². The third-order valence-electron chi connectivity index (χ3n) is 3.37. The summed E-state index contributed by atoms with van der Waals surface area (Å²) in [6, 6.07) is 3.96. The molecule has 1 atom stereocenters. The normalized spacial score (nSPS) is 12.6. The van der Waals surface area contributed by atoms with E-state index >= 15 is 0 Å². The Kier molecular flexibility index (Phi) is 5.11. The number of nitrogens with two attached hydrogens (primary N) is 1. The van der Waals surface area contributed by atoms with E-state index in [2.05, 4.69) is 35.4 Å². The number of nitrogens with one attached hydrogen (secondary N) is 1. The Morgan fingerprint density at radius 3 is 2.85 bits per heavy atom. The quantitative estimate of drug-likeness (QED) is 0.633. The maximum Gasteiger partial charge on any atom is 0.0637 e. The van der Waals surface area contributed by atoms with E-state index in [-0.39, 0.29) is 6.04 Å². The van der Waals surface area contributed by atoms with Crippen LogP contribution in [-0.4, -0.2) is 14.8 Å². The molecule has 0 aliphatic carbocycles. The van der Waals surface area contributed by atoms with Crippen LogP contribution in [0.1, 0.15) is 36.8 Å². The molecule has 2 aromatic rings. The van der Waals surface area contributed by atoms with E-state index in [0.717, 1.165) is 36.3 Å². The minimum Gasteiger partial charge on any atom is -0.271 e. The summed E-state index contributed by atoms with van der Waals surface area (Å²) in [5.74, 6) is 5.69. The maximum absolute atomic E-state index is 6.19. The molecule has 0 radical (unpaired) electrons. The number of halogens is 1. The second kappa shape index (κ2) is 6.83. The molecule has 6 heteroatoms. The molecule has 0 amide bonds. The van der Waals surface area contributed by atoms with Gasteiger partial charge < -0.3 is 0 Å². The standard InChI is InChI=1S/C14H20ClN5/c1-3-10-7-11(20(4-2)19-10)8-14(18-16)12-5-6-17-9-13(12)15/h5-7,9,14,18H,3-4,8,16H2,1-2H3. The summed E-state index contributed by atoms with van der Waals surface area (Å²) in [6.45, 7) is 5.03. The van der Waals surface area contributed by atoms with E-state index in [1.54, 1.807) is 12.4 Å². The summed E-state index contributed by atoms with van der Waals surface area (Å²) in [5.41, 5.74) is 6.03. The number of aryl methyl sites for hydroxylation is 2. The molecule has 0 saturated heterocycles. The highest BCUT2D eigenvalue weighted by Gasteiger charge is 2.17. The van der Waals surface area contributed by atoms with Crippen molar-refractivity contribution in [2.75, 3.05) is 0 Å². The topological polar surface area (TPSA) is 68.8 Å². The Balaban J connectivity index is 2.26. The highest BCUT2D eigenvalue weighted by molar-refractivity contribution is 6.31. The molecule has 5 nitrogen and oxygen atoms in total. The van der Waals surface area contributed by atoms with Gasteiger partial charge in [-0.25, -0.2) is 0 Å². The minimum absolute atomic E-state index is 0.0581. The first kappa shape index (κ1) is 15.0. The average molecular weight is 294 g/mol. The van der Waals surface area contributed by atoms with Gasteiger partial charge in [-0.2, -0.15) is 5.10 Å². The Labute approximate surface area is 124 Å². The first-order chi connectivity index (χ1) is 9.69. The Morgan fingerprint density at radius 1 is 1.45 bits per heavy atom. The van der Waals surface area contributed by atoms with Gasteiger partial charge in [-0.1, -0.05) is 18.5 Å². The van der Waals surface area contributed by atoms with E-state index in [4.69, 9.17) is 17.4 Å². The fourth-order valence-corrected chi connectivity index (χ4v) is 2.51. The second-order valence-electron chi connectivity index (χ2n) is 4.62. The largest absolute Gasteiger partial charge is 0.271 e. The highest BCUT2D eigenvalue weighted by atomic mass is 35.5. The Morgan fingerprint density at radius 2 is 2.25 bits per heavy atom. The van der Waals surface area contributed by atoms with Crippen LogP contribution in [-0.2, 0) is 19.4 Å². The number of hydrazine groups is 1. The van der Waals surface area contributed by atoms with Gasteiger partial charge in [-0.3, -0.25) is 20.9 Å². The Bertz CT molecular complexity index is 566. The number of hydrogen-bond acceptors (Lipinski definition) is 4. The minimum atomic E-state index is -0.0581. The van der Waals surface area contributed by atoms with Gasteiger partial charge in [0.25, 0.3) is 0 Å². The summed E-state index contributed by atoms with van der Waals surface area (Å²) < 4.78 is 2.01. The third kappa shape index (κ3) is 3.17. The van der Waals surface area contributed by atoms with E-state index < -0.39 is 0 Å². The molecule has 2 heterocycles. The van der Waals surface area contributed by atoms with Crippen LogP contribution in [0.4, 0.5) is 0 Å². The summed E-state index contributed by atoms with van der Waals surface area (Å²) >= 11 is 6.19. The molecule has 108 valence electrons. The van der Waals surface area contributed by atoms with Crippen molar-refractivity contribution in [2.45, 2.75) is 39.3 Å². The molecule has 20 heavy (non-hydrogen) atoms. The van der Waals surface area contributed by atoms with Gasteiger partial charge in [-0.15, -0.1) is 0 Å². The lowest BCUT2D eigenvalue weighted by Gasteiger charge is -2.17. The summed E-state index contributed by atoms with van der Waals surface area (Å²) in [7, 11) is 0.